The summed E-state index contributed by atoms with van der Waals surface area (Å²) in [6.45, 7) is 7.74. The molecule has 9 aromatic carbocycles. The lowest BCUT2D eigenvalue weighted by Crippen LogP contribution is -2.04. The monoisotopic (exact) mass is 968 g/mol. The molecule has 10 heteroatoms. The summed E-state index contributed by atoms with van der Waals surface area (Å²) in [7, 11) is 0. The normalized spacial score (nSPS) is 11.1. The van der Waals surface area contributed by atoms with E-state index in [-0.39, 0.29) is 0 Å². The van der Waals surface area contributed by atoms with Crippen LogP contribution in [0, 0.1) is 40.6 Å². The first kappa shape index (κ1) is 44.6. The Morgan fingerprint density at radius 3 is 1.49 bits per heavy atom. The molecule has 0 aliphatic heterocycles. The highest BCUT2D eigenvalue weighted by Crippen LogP contribution is 2.43. The lowest BCUT2D eigenvalue weighted by atomic mass is 9.97. The first-order valence-corrected chi connectivity index (χ1v) is 24.4. The van der Waals surface area contributed by atoms with Crippen molar-refractivity contribution in [2.75, 3.05) is 0 Å². The van der Waals surface area contributed by atoms with E-state index in [1.165, 1.54) is 0 Å². The van der Waals surface area contributed by atoms with Crippen LogP contribution < -0.4 is 0 Å². The van der Waals surface area contributed by atoms with Crippen molar-refractivity contribution in [1.29, 1.82) is 15.8 Å². The minimum absolute atomic E-state index is 0.407. The van der Waals surface area contributed by atoms with E-state index >= 15 is 0 Å². The van der Waals surface area contributed by atoms with Gasteiger partial charge < -0.3 is 9.13 Å². The van der Waals surface area contributed by atoms with Crippen molar-refractivity contribution in [1.82, 2.24) is 29.1 Å². The van der Waals surface area contributed by atoms with Crippen LogP contribution in [-0.2, 0) is 0 Å². The van der Waals surface area contributed by atoms with Crippen LogP contribution in [0.1, 0.15) is 16.7 Å². The van der Waals surface area contributed by atoms with Crippen LogP contribution in [0.5, 0.6) is 0 Å². The fraction of sp³-hybridized carbons (Fsp3) is 0. The Morgan fingerprint density at radius 2 is 0.895 bits per heavy atom. The molecule has 13 rings (SSSR count). The SMILES string of the molecule is [C-]#[N+]c1cc(C#N)cc(-c2ccc3c(c2)c2ccccc2n3-c2ccncc2-c2cc(-n3c4ccccc4c4cc(-c5cc(C#N)cc(C#N)c5)ccc43)ccc2-c2nc(-c3ccccc3)nc(-c3ccccc3)n2)c1. The van der Waals surface area contributed by atoms with Gasteiger partial charge in [-0.05, 0) is 125 Å². The lowest BCUT2D eigenvalue weighted by molar-refractivity contribution is 1.07. The van der Waals surface area contributed by atoms with Gasteiger partial charge in [0.1, 0.15) is 0 Å². The van der Waals surface area contributed by atoms with Crippen molar-refractivity contribution in [3.8, 4) is 97.1 Å². The van der Waals surface area contributed by atoms with Crippen molar-refractivity contribution < 1.29 is 0 Å². The number of pyridine rings is 1. The van der Waals surface area contributed by atoms with E-state index in [0.717, 1.165) is 105 Å². The molecule has 0 atom stereocenters. The minimum Gasteiger partial charge on any atom is -0.309 e. The maximum atomic E-state index is 9.87. The van der Waals surface area contributed by atoms with Gasteiger partial charge in [-0.1, -0.05) is 109 Å². The van der Waals surface area contributed by atoms with Crippen LogP contribution in [0.2, 0.25) is 0 Å². The molecule has 0 saturated carbocycles. The first-order valence-electron chi connectivity index (χ1n) is 24.4. The molecule has 76 heavy (non-hydrogen) atoms. The standard InChI is InChI=1S/C66H36N10/c1-70-50-32-43(39-69)31-49(33-50)47-21-25-62-57(35-47)53-17-9-11-19-60(53)76(62)63-26-27-71-40-58(63)55-36-51(22-23-54(55)66-73-64(44-12-4-2-5-13-44)72-65(74-66)45-14-6-3-7-15-45)75-59-18-10-8-16-52(59)56-34-46(20-24-61(56)75)48-29-41(37-67)28-42(30-48)38-68/h2-36,40H. The van der Waals surface area contributed by atoms with Crippen LogP contribution in [0.15, 0.2) is 219 Å². The Bertz CT molecular complexity index is 4570. The number of nitrogens with zero attached hydrogens (tertiary/aromatic N) is 10. The Labute approximate surface area is 436 Å². The molecule has 0 radical (unpaired) electrons. The number of benzene rings is 9. The van der Waals surface area contributed by atoms with Gasteiger partial charge in [0.05, 0.1) is 63.7 Å². The third-order valence-corrected chi connectivity index (χ3v) is 13.9. The minimum atomic E-state index is 0.407. The van der Waals surface area contributed by atoms with Crippen molar-refractivity contribution in [3.05, 3.63) is 247 Å². The Kier molecular flexibility index (Phi) is 10.8. The number of hydrogen-bond donors (Lipinski definition) is 0. The van der Waals surface area contributed by atoms with E-state index in [9.17, 15) is 15.8 Å². The summed E-state index contributed by atoms with van der Waals surface area (Å²) in [5.74, 6) is 1.55. The number of rotatable bonds is 8. The predicted molar refractivity (Wildman–Crippen MR) is 299 cm³/mol. The van der Waals surface area contributed by atoms with Crippen molar-refractivity contribution in [2.45, 2.75) is 0 Å². The molecule has 0 aliphatic carbocycles. The quantitative estimate of drug-likeness (QED) is 0.138. The molecule has 0 unspecified atom stereocenters. The molecule has 0 fully saturated rings. The van der Waals surface area contributed by atoms with Gasteiger partial charge in [0.2, 0.25) is 0 Å². The van der Waals surface area contributed by atoms with E-state index in [2.05, 4.69) is 98.9 Å². The molecule has 4 aromatic heterocycles. The third-order valence-electron chi connectivity index (χ3n) is 13.9. The average molecular weight is 969 g/mol. The van der Waals surface area contributed by atoms with Crippen molar-refractivity contribution in [2.24, 2.45) is 0 Å². The number of aromatic nitrogens is 6. The van der Waals surface area contributed by atoms with Gasteiger partial charge in [0.15, 0.2) is 23.2 Å². The fourth-order valence-corrected chi connectivity index (χ4v) is 10.5. The second kappa shape index (κ2) is 18.4. The van der Waals surface area contributed by atoms with Gasteiger partial charge in [-0.3, -0.25) is 4.98 Å². The largest absolute Gasteiger partial charge is 0.309 e. The van der Waals surface area contributed by atoms with Crippen LogP contribution in [0.25, 0.3) is 127 Å². The molecule has 10 nitrogen and oxygen atoms in total. The van der Waals surface area contributed by atoms with E-state index in [4.69, 9.17) is 26.5 Å². The lowest BCUT2D eigenvalue weighted by Gasteiger charge is -2.18. The predicted octanol–water partition coefficient (Wildman–Crippen LogP) is 15.6. The molecular weight excluding hydrogens is 933 g/mol. The summed E-state index contributed by atoms with van der Waals surface area (Å²) in [5.41, 5.74) is 14.8. The third kappa shape index (κ3) is 7.64. The zero-order valence-electron chi connectivity index (χ0n) is 40.3. The summed E-state index contributed by atoms with van der Waals surface area (Å²) < 4.78 is 4.54. The fourth-order valence-electron chi connectivity index (χ4n) is 10.5. The molecule has 4 heterocycles. The molecule has 350 valence electrons. The van der Waals surface area contributed by atoms with Gasteiger partial charge in [0.25, 0.3) is 0 Å². The van der Waals surface area contributed by atoms with Gasteiger partial charge in [-0.25, -0.2) is 19.8 Å². The smallest absolute Gasteiger partial charge is 0.189 e. The molecule has 13 aromatic rings. The zero-order valence-corrected chi connectivity index (χ0v) is 40.3. The van der Waals surface area contributed by atoms with Gasteiger partial charge in [-0.15, -0.1) is 0 Å². The molecule has 0 amide bonds. The Hall–Kier alpha value is -11.3. The summed E-state index contributed by atoms with van der Waals surface area (Å²) in [6, 6.07) is 74.8. The van der Waals surface area contributed by atoms with E-state index in [0.29, 0.717) is 39.9 Å². The average Bonchev–Trinajstić information content (AvgIpc) is 4.10. The summed E-state index contributed by atoms with van der Waals surface area (Å²) >= 11 is 0. The number of para-hydroxylation sites is 2. The van der Waals surface area contributed by atoms with Crippen molar-refractivity contribution in [3.63, 3.8) is 0 Å². The van der Waals surface area contributed by atoms with E-state index in [1.54, 1.807) is 12.1 Å². The van der Waals surface area contributed by atoms with Gasteiger partial charge >= 0.3 is 0 Å². The van der Waals surface area contributed by atoms with Gasteiger partial charge in [0, 0.05) is 67.4 Å². The molecule has 0 spiro atoms. The summed E-state index contributed by atoms with van der Waals surface area (Å²) in [4.78, 5) is 24.1. The second-order valence-corrected chi connectivity index (χ2v) is 18.3. The molecule has 0 saturated heterocycles. The van der Waals surface area contributed by atoms with E-state index in [1.807, 2.05) is 140 Å². The highest BCUT2D eigenvalue weighted by molar-refractivity contribution is 6.12. The Morgan fingerprint density at radius 1 is 0.382 bits per heavy atom. The first-order chi connectivity index (χ1) is 37.5. The van der Waals surface area contributed by atoms with Crippen molar-refractivity contribution >= 4 is 49.3 Å². The van der Waals surface area contributed by atoms with Gasteiger partial charge in [-0.2, -0.15) is 15.8 Å². The highest BCUT2D eigenvalue weighted by atomic mass is 15.0. The Balaban J connectivity index is 1.07. The number of hydrogen-bond acceptors (Lipinski definition) is 7. The summed E-state index contributed by atoms with van der Waals surface area (Å²) in [6.07, 6.45) is 3.73. The van der Waals surface area contributed by atoms with E-state index < -0.39 is 0 Å². The maximum absolute atomic E-state index is 9.87. The van der Waals surface area contributed by atoms with Crippen LogP contribution in [0.3, 0.4) is 0 Å². The maximum Gasteiger partial charge on any atom is 0.189 e. The number of nitriles is 3. The molecular formula is C66H36N10. The summed E-state index contributed by atoms with van der Waals surface area (Å²) in [5, 5.41) is 33.6. The zero-order chi connectivity index (χ0) is 51.3. The topological polar surface area (TPSA) is 137 Å². The molecule has 0 N–H and O–H groups in total. The van der Waals surface area contributed by atoms with Crippen LogP contribution >= 0.6 is 0 Å². The van der Waals surface area contributed by atoms with Crippen LogP contribution in [-0.4, -0.2) is 29.1 Å². The molecule has 0 aliphatic rings. The number of fused-ring (bicyclic) bond motifs is 6. The second-order valence-electron chi connectivity index (χ2n) is 18.3. The molecule has 0 bridgehead atoms. The van der Waals surface area contributed by atoms with Crippen LogP contribution in [0.4, 0.5) is 5.69 Å². The highest BCUT2D eigenvalue weighted by Gasteiger charge is 2.23.